The molecule has 1 N–H and O–H groups in total. The summed E-state index contributed by atoms with van der Waals surface area (Å²) in [7, 11) is 1.80. The Labute approximate surface area is 186 Å². The van der Waals surface area contributed by atoms with Gasteiger partial charge in [0.15, 0.2) is 5.96 Å². The lowest BCUT2D eigenvalue weighted by atomic mass is 10.1. The molecular formula is C24H39FN4O2. The van der Waals surface area contributed by atoms with Crippen LogP contribution in [0.1, 0.15) is 51.5 Å². The Morgan fingerprint density at radius 3 is 2.61 bits per heavy atom. The number of benzene rings is 1. The fourth-order valence-corrected chi connectivity index (χ4v) is 4.41. The lowest BCUT2D eigenvalue weighted by molar-refractivity contribution is -0.0721. The maximum Gasteiger partial charge on any atom is 0.193 e. The van der Waals surface area contributed by atoms with Crippen LogP contribution in [0.25, 0.3) is 0 Å². The van der Waals surface area contributed by atoms with Crippen molar-refractivity contribution < 1.29 is 13.9 Å². The fourth-order valence-electron chi connectivity index (χ4n) is 4.41. The first-order valence-electron chi connectivity index (χ1n) is 11.9. The Bertz CT molecular complexity index is 697. The van der Waals surface area contributed by atoms with Crippen LogP contribution in [0.3, 0.4) is 0 Å². The maximum absolute atomic E-state index is 14.6. The highest BCUT2D eigenvalue weighted by Gasteiger charge is 2.23. The standard InChI is InChI=1S/C24H39FN4O2/c1-4-28(5-2)23-10-9-19(16-22(23)25)17-27-24(26-3)29-13-11-20(12-14-29)31-18-21-8-6-7-15-30-21/h9-10,16,20-21H,4-8,11-15,17-18H2,1-3H3,(H,26,27). The van der Waals surface area contributed by atoms with Gasteiger partial charge in [0.25, 0.3) is 0 Å². The zero-order chi connectivity index (χ0) is 22.1. The second-order valence-corrected chi connectivity index (χ2v) is 8.37. The number of rotatable bonds is 8. The third kappa shape index (κ3) is 6.81. The van der Waals surface area contributed by atoms with E-state index in [1.54, 1.807) is 13.1 Å². The van der Waals surface area contributed by atoms with Gasteiger partial charge in [-0.25, -0.2) is 4.39 Å². The third-order valence-corrected chi connectivity index (χ3v) is 6.31. The number of guanidine groups is 1. The van der Waals surface area contributed by atoms with E-state index in [-0.39, 0.29) is 11.9 Å². The number of nitrogens with one attached hydrogen (secondary N) is 1. The molecule has 0 amide bonds. The van der Waals surface area contributed by atoms with Crippen LogP contribution in [0, 0.1) is 5.82 Å². The number of likely N-dealkylation sites (tertiary alicyclic amines) is 1. The van der Waals surface area contributed by atoms with E-state index in [4.69, 9.17) is 9.47 Å². The summed E-state index contributed by atoms with van der Waals surface area (Å²) in [6, 6.07) is 5.49. The lowest BCUT2D eigenvalue weighted by Crippen LogP contribution is -2.47. The van der Waals surface area contributed by atoms with Crippen LogP contribution in [0.4, 0.5) is 10.1 Å². The van der Waals surface area contributed by atoms with Crippen LogP contribution >= 0.6 is 0 Å². The molecule has 2 aliphatic heterocycles. The molecule has 1 aromatic rings. The molecule has 1 aromatic carbocycles. The van der Waals surface area contributed by atoms with Gasteiger partial charge < -0.3 is 24.6 Å². The van der Waals surface area contributed by atoms with Crippen LogP contribution in [0.2, 0.25) is 0 Å². The van der Waals surface area contributed by atoms with Crippen molar-refractivity contribution in [1.82, 2.24) is 10.2 Å². The van der Waals surface area contributed by atoms with Crippen LogP contribution < -0.4 is 10.2 Å². The van der Waals surface area contributed by atoms with Gasteiger partial charge in [0, 0.05) is 46.4 Å². The highest BCUT2D eigenvalue weighted by Crippen LogP contribution is 2.21. The minimum absolute atomic E-state index is 0.169. The smallest absolute Gasteiger partial charge is 0.193 e. The molecule has 1 atom stereocenters. The van der Waals surface area contributed by atoms with E-state index in [0.717, 1.165) is 63.6 Å². The van der Waals surface area contributed by atoms with E-state index in [1.165, 1.54) is 12.8 Å². The minimum atomic E-state index is -0.169. The second kappa shape index (κ2) is 12.2. The van der Waals surface area contributed by atoms with E-state index in [2.05, 4.69) is 15.2 Å². The van der Waals surface area contributed by atoms with Gasteiger partial charge in [0.05, 0.1) is 24.5 Å². The molecule has 2 heterocycles. The first-order chi connectivity index (χ1) is 15.1. The Kier molecular flexibility index (Phi) is 9.40. The molecule has 0 saturated carbocycles. The normalized spacial score (nSPS) is 20.7. The van der Waals surface area contributed by atoms with Crippen molar-refractivity contribution >= 4 is 11.6 Å². The number of hydrogen-bond acceptors (Lipinski definition) is 4. The van der Waals surface area contributed by atoms with Crippen LogP contribution in [0.15, 0.2) is 23.2 Å². The predicted molar refractivity (Wildman–Crippen MR) is 124 cm³/mol. The van der Waals surface area contributed by atoms with Crippen molar-refractivity contribution in [2.24, 2.45) is 4.99 Å². The van der Waals surface area contributed by atoms with Gasteiger partial charge in [0.1, 0.15) is 5.82 Å². The van der Waals surface area contributed by atoms with Crippen molar-refractivity contribution in [2.45, 2.75) is 64.7 Å². The number of halogens is 1. The number of hydrogen-bond donors (Lipinski definition) is 1. The molecule has 1 unspecified atom stereocenters. The highest BCUT2D eigenvalue weighted by atomic mass is 19.1. The molecule has 0 aromatic heterocycles. The Balaban J connectivity index is 1.44. The minimum Gasteiger partial charge on any atom is -0.376 e. The zero-order valence-electron chi connectivity index (χ0n) is 19.4. The molecule has 0 bridgehead atoms. The van der Waals surface area contributed by atoms with E-state index in [0.29, 0.717) is 24.9 Å². The van der Waals surface area contributed by atoms with Gasteiger partial charge in [-0.2, -0.15) is 0 Å². The first kappa shape index (κ1) is 23.8. The van der Waals surface area contributed by atoms with Crippen molar-refractivity contribution in [3.8, 4) is 0 Å². The monoisotopic (exact) mass is 434 g/mol. The molecule has 174 valence electrons. The number of nitrogens with zero attached hydrogens (tertiary/aromatic N) is 3. The quantitative estimate of drug-likeness (QED) is 0.498. The average Bonchev–Trinajstić information content (AvgIpc) is 2.81. The molecule has 0 radical (unpaired) electrons. The first-order valence-corrected chi connectivity index (χ1v) is 11.9. The summed E-state index contributed by atoms with van der Waals surface area (Å²) in [4.78, 5) is 8.72. The Morgan fingerprint density at radius 1 is 1.23 bits per heavy atom. The van der Waals surface area contributed by atoms with E-state index in [9.17, 15) is 4.39 Å². The Morgan fingerprint density at radius 2 is 2.00 bits per heavy atom. The Hall–Kier alpha value is -1.86. The fraction of sp³-hybridized carbons (Fsp3) is 0.708. The molecule has 0 aliphatic carbocycles. The summed E-state index contributed by atoms with van der Waals surface area (Å²) in [6.45, 7) is 9.63. The molecule has 0 spiro atoms. The van der Waals surface area contributed by atoms with Crippen LogP contribution in [-0.2, 0) is 16.0 Å². The molecular weight excluding hydrogens is 395 g/mol. The summed E-state index contributed by atoms with van der Waals surface area (Å²) >= 11 is 0. The predicted octanol–water partition coefficient (Wildman–Crippen LogP) is 3.80. The SMILES string of the molecule is CCN(CC)c1ccc(CNC(=NC)N2CCC(OCC3CCCCO3)CC2)cc1F. The van der Waals surface area contributed by atoms with Gasteiger partial charge in [0.2, 0.25) is 0 Å². The molecule has 7 heteroatoms. The number of ether oxygens (including phenoxy) is 2. The van der Waals surface area contributed by atoms with Crippen molar-refractivity contribution in [1.29, 1.82) is 0 Å². The zero-order valence-corrected chi connectivity index (χ0v) is 19.4. The van der Waals surface area contributed by atoms with Gasteiger partial charge in [-0.15, -0.1) is 0 Å². The van der Waals surface area contributed by atoms with E-state index < -0.39 is 0 Å². The van der Waals surface area contributed by atoms with Gasteiger partial charge in [-0.3, -0.25) is 4.99 Å². The third-order valence-electron chi connectivity index (χ3n) is 6.31. The molecule has 31 heavy (non-hydrogen) atoms. The average molecular weight is 435 g/mol. The van der Waals surface area contributed by atoms with E-state index in [1.807, 2.05) is 30.9 Å². The summed E-state index contributed by atoms with van der Waals surface area (Å²) in [6.07, 6.45) is 6.08. The van der Waals surface area contributed by atoms with Crippen molar-refractivity contribution in [3.05, 3.63) is 29.6 Å². The maximum atomic E-state index is 14.6. The molecule has 6 nitrogen and oxygen atoms in total. The topological polar surface area (TPSA) is 49.3 Å². The molecule has 2 saturated heterocycles. The lowest BCUT2D eigenvalue weighted by Gasteiger charge is -2.35. The second-order valence-electron chi connectivity index (χ2n) is 8.37. The van der Waals surface area contributed by atoms with Gasteiger partial charge in [-0.05, 0) is 63.6 Å². The van der Waals surface area contributed by atoms with E-state index >= 15 is 0 Å². The summed E-state index contributed by atoms with van der Waals surface area (Å²) in [5.41, 5.74) is 1.58. The van der Waals surface area contributed by atoms with Crippen LogP contribution in [0.5, 0.6) is 0 Å². The number of anilines is 1. The van der Waals surface area contributed by atoms with Gasteiger partial charge >= 0.3 is 0 Å². The largest absolute Gasteiger partial charge is 0.376 e. The van der Waals surface area contributed by atoms with Gasteiger partial charge in [-0.1, -0.05) is 6.07 Å². The molecule has 2 fully saturated rings. The van der Waals surface area contributed by atoms with Crippen molar-refractivity contribution in [3.63, 3.8) is 0 Å². The number of aliphatic imine (C=N–C) groups is 1. The summed E-state index contributed by atoms with van der Waals surface area (Å²) < 4.78 is 26.4. The van der Waals surface area contributed by atoms with Crippen molar-refractivity contribution in [2.75, 3.05) is 51.3 Å². The molecule has 3 rings (SSSR count). The molecule has 2 aliphatic rings. The summed E-state index contributed by atoms with van der Waals surface area (Å²) in [5.74, 6) is 0.695. The summed E-state index contributed by atoms with van der Waals surface area (Å²) in [5, 5.41) is 3.39. The highest BCUT2D eigenvalue weighted by molar-refractivity contribution is 5.80. The number of piperidine rings is 1. The van der Waals surface area contributed by atoms with Crippen LogP contribution in [-0.4, -0.2) is 69.5 Å².